The highest BCUT2D eigenvalue weighted by atomic mass is 35.5. The second-order valence-electron chi connectivity index (χ2n) is 4.98. The minimum absolute atomic E-state index is 0.00183. The van der Waals surface area contributed by atoms with Crippen LogP contribution in [0.15, 0.2) is 24.4 Å². The summed E-state index contributed by atoms with van der Waals surface area (Å²) in [6.07, 6.45) is 1.72. The molecule has 0 spiro atoms. The Morgan fingerprint density at radius 2 is 2.14 bits per heavy atom. The fourth-order valence-corrected chi connectivity index (χ4v) is 1.82. The number of halogens is 2. The average Bonchev–Trinajstić information content (AvgIpc) is 2.42. The second-order valence-corrected chi connectivity index (χ2v) is 5.38. The van der Waals surface area contributed by atoms with Gasteiger partial charge in [0.05, 0.1) is 5.02 Å². The molecule has 1 aromatic carbocycles. The summed E-state index contributed by atoms with van der Waals surface area (Å²) in [5, 5.41) is 3.31. The number of benzene rings is 1. The van der Waals surface area contributed by atoms with Crippen LogP contribution in [0.25, 0.3) is 0 Å². The Bertz CT molecular complexity index is 634. The highest BCUT2D eigenvalue weighted by molar-refractivity contribution is 6.30. The summed E-state index contributed by atoms with van der Waals surface area (Å²) in [5.74, 6) is -0.0925. The molecule has 4 nitrogen and oxygen atoms in total. The second kappa shape index (κ2) is 6.83. The monoisotopic (exact) mass is 309 g/mol. The molecule has 0 unspecified atom stereocenters. The van der Waals surface area contributed by atoms with Crippen molar-refractivity contribution in [2.45, 2.75) is 33.4 Å². The van der Waals surface area contributed by atoms with Crippen molar-refractivity contribution in [3.05, 3.63) is 46.5 Å². The maximum atomic E-state index is 13.1. The number of ether oxygens (including phenoxy) is 1. The van der Waals surface area contributed by atoms with Crippen LogP contribution in [-0.2, 0) is 6.54 Å². The zero-order valence-corrected chi connectivity index (χ0v) is 12.9. The van der Waals surface area contributed by atoms with E-state index in [1.165, 1.54) is 18.2 Å². The van der Waals surface area contributed by atoms with E-state index >= 15 is 0 Å². The van der Waals surface area contributed by atoms with Crippen molar-refractivity contribution in [1.82, 2.24) is 15.3 Å². The van der Waals surface area contributed by atoms with Crippen LogP contribution in [0, 0.1) is 12.7 Å². The number of hydrogen-bond donors (Lipinski definition) is 1. The Balaban J connectivity index is 2.10. The zero-order valence-electron chi connectivity index (χ0n) is 12.2. The topological polar surface area (TPSA) is 47.0 Å². The zero-order chi connectivity index (χ0) is 15.4. The van der Waals surface area contributed by atoms with E-state index in [9.17, 15) is 4.39 Å². The van der Waals surface area contributed by atoms with Crippen LogP contribution < -0.4 is 10.1 Å². The summed E-state index contributed by atoms with van der Waals surface area (Å²) in [4.78, 5) is 8.44. The molecule has 0 radical (unpaired) electrons. The van der Waals surface area contributed by atoms with Gasteiger partial charge in [-0.2, -0.15) is 4.98 Å². The maximum absolute atomic E-state index is 13.1. The molecule has 0 aliphatic heterocycles. The quantitative estimate of drug-likeness (QED) is 0.911. The van der Waals surface area contributed by atoms with E-state index < -0.39 is 5.82 Å². The lowest BCUT2D eigenvalue weighted by Crippen LogP contribution is -2.22. The number of aryl methyl sites for hydroxylation is 1. The Hall–Kier alpha value is -1.72. The van der Waals surface area contributed by atoms with Crippen molar-refractivity contribution in [2.24, 2.45) is 0 Å². The van der Waals surface area contributed by atoms with Gasteiger partial charge in [-0.25, -0.2) is 9.37 Å². The van der Waals surface area contributed by atoms with Gasteiger partial charge in [-0.05, 0) is 19.1 Å². The molecule has 21 heavy (non-hydrogen) atoms. The fourth-order valence-electron chi connectivity index (χ4n) is 1.65. The number of aromatic nitrogens is 2. The molecule has 6 heteroatoms. The van der Waals surface area contributed by atoms with Gasteiger partial charge in [-0.3, -0.25) is 0 Å². The van der Waals surface area contributed by atoms with Crippen LogP contribution in [0.3, 0.4) is 0 Å². The summed E-state index contributed by atoms with van der Waals surface area (Å²) in [6.45, 7) is 6.74. The van der Waals surface area contributed by atoms with E-state index in [1.807, 2.05) is 6.92 Å². The normalized spacial score (nSPS) is 11.0. The molecule has 0 saturated carbocycles. The van der Waals surface area contributed by atoms with E-state index in [0.29, 0.717) is 18.3 Å². The summed E-state index contributed by atoms with van der Waals surface area (Å²) < 4.78 is 18.6. The van der Waals surface area contributed by atoms with Gasteiger partial charge in [0.1, 0.15) is 11.6 Å². The van der Waals surface area contributed by atoms with Crippen molar-refractivity contribution in [1.29, 1.82) is 0 Å². The smallest absolute Gasteiger partial charge is 0.322 e. The van der Waals surface area contributed by atoms with E-state index in [4.69, 9.17) is 16.3 Å². The number of nitrogens with one attached hydrogen (secondary N) is 1. The van der Waals surface area contributed by atoms with E-state index in [-0.39, 0.29) is 11.0 Å². The number of nitrogens with zero attached hydrogens (tertiary/aromatic N) is 2. The van der Waals surface area contributed by atoms with Crippen LogP contribution in [0.4, 0.5) is 4.39 Å². The predicted molar refractivity (Wildman–Crippen MR) is 80.2 cm³/mol. The van der Waals surface area contributed by atoms with Gasteiger partial charge in [0.25, 0.3) is 0 Å². The highest BCUT2D eigenvalue weighted by Gasteiger charge is 2.07. The van der Waals surface area contributed by atoms with Crippen LogP contribution >= 0.6 is 11.6 Å². The molecule has 0 aliphatic carbocycles. The highest BCUT2D eigenvalue weighted by Crippen LogP contribution is 2.24. The van der Waals surface area contributed by atoms with Crippen LogP contribution in [0.1, 0.15) is 25.1 Å². The molecular weight excluding hydrogens is 293 g/mol. The molecule has 0 bridgehead atoms. The van der Waals surface area contributed by atoms with Crippen LogP contribution in [0.2, 0.25) is 5.02 Å². The van der Waals surface area contributed by atoms with Crippen molar-refractivity contribution in [2.75, 3.05) is 0 Å². The lowest BCUT2D eigenvalue weighted by Gasteiger charge is -2.11. The summed E-state index contributed by atoms with van der Waals surface area (Å²) in [7, 11) is 0. The molecule has 0 saturated heterocycles. The Kier molecular flexibility index (Phi) is 5.09. The number of rotatable bonds is 5. The first kappa shape index (κ1) is 15.7. The molecule has 2 aromatic rings. The number of hydrogen-bond acceptors (Lipinski definition) is 4. The maximum Gasteiger partial charge on any atom is 0.322 e. The lowest BCUT2D eigenvalue weighted by atomic mass is 10.2. The molecule has 112 valence electrons. The molecule has 2 rings (SSSR count). The summed E-state index contributed by atoms with van der Waals surface area (Å²) >= 11 is 5.70. The first-order chi connectivity index (χ1) is 9.95. The van der Waals surface area contributed by atoms with E-state index in [0.717, 1.165) is 11.3 Å². The predicted octanol–water partition coefficient (Wildman–Crippen LogP) is 3.87. The van der Waals surface area contributed by atoms with Crippen LogP contribution in [0.5, 0.6) is 11.8 Å². The molecule has 1 N–H and O–H groups in total. The molecule has 0 atom stereocenters. The molecule has 0 amide bonds. The van der Waals surface area contributed by atoms with Gasteiger partial charge in [0, 0.05) is 36.1 Å². The third-order valence-electron chi connectivity index (χ3n) is 2.86. The summed E-state index contributed by atoms with van der Waals surface area (Å²) in [6, 6.07) is 4.72. The Morgan fingerprint density at radius 3 is 2.76 bits per heavy atom. The molecular formula is C15H17ClFN3O. The van der Waals surface area contributed by atoms with E-state index in [1.54, 1.807) is 6.20 Å². The SMILES string of the molecule is Cc1nc(Oc2ccc(F)c(Cl)c2)ncc1CNC(C)C. The Morgan fingerprint density at radius 1 is 1.38 bits per heavy atom. The molecule has 0 aliphatic rings. The minimum Gasteiger partial charge on any atom is -0.424 e. The Labute approximate surface area is 128 Å². The average molecular weight is 310 g/mol. The first-order valence-electron chi connectivity index (χ1n) is 6.64. The third-order valence-corrected chi connectivity index (χ3v) is 3.15. The van der Waals surface area contributed by atoms with Gasteiger partial charge in [-0.1, -0.05) is 25.4 Å². The lowest BCUT2D eigenvalue weighted by molar-refractivity contribution is 0.437. The van der Waals surface area contributed by atoms with Crippen molar-refractivity contribution >= 4 is 11.6 Å². The summed E-state index contributed by atoms with van der Waals surface area (Å²) in [5.41, 5.74) is 1.84. The standard InChI is InChI=1S/C15H17ClFN3O/c1-9(2)18-7-11-8-19-15(20-10(11)3)21-12-4-5-14(17)13(16)6-12/h4-6,8-9,18H,7H2,1-3H3. The molecule has 1 aromatic heterocycles. The van der Waals surface area contributed by atoms with Gasteiger partial charge >= 0.3 is 6.01 Å². The van der Waals surface area contributed by atoms with Crippen molar-refractivity contribution in [3.63, 3.8) is 0 Å². The fraction of sp³-hybridized carbons (Fsp3) is 0.333. The van der Waals surface area contributed by atoms with Gasteiger partial charge in [0.15, 0.2) is 0 Å². The molecule has 1 heterocycles. The third kappa shape index (κ3) is 4.37. The van der Waals surface area contributed by atoms with Gasteiger partial charge < -0.3 is 10.1 Å². The van der Waals surface area contributed by atoms with Gasteiger partial charge in [-0.15, -0.1) is 0 Å². The van der Waals surface area contributed by atoms with E-state index in [2.05, 4.69) is 29.1 Å². The molecule has 0 fully saturated rings. The van der Waals surface area contributed by atoms with Gasteiger partial charge in [0.2, 0.25) is 0 Å². The largest absolute Gasteiger partial charge is 0.424 e. The minimum atomic E-state index is -0.490. The van der Waals surface area contributed by atoms with Crippen molar-refractivity contribution < 1.29 is 9.13 Å². The van der Waals surface area contributed by atoms with Crippen molar-refractivity contribution in [3.8, 4) is 11.8 Å². The van der Waals surface area contributed by atoms with Crippen LogP contribution in [-0.4, -0.2) is 16.0 Å². The first-order valence-corrected chi connectivity index (χ1v) is 7.02.